The summed E-state index contributed by atoms with van der Waals surface area (Å²) in [6.45, 7) is 1.90. The number of ether oxygens (including phenoxy) is 1. The first kappa shape index (κ1) is 13.8. The maximum absolute atomic E-state index is 11.7. The third-order valence-corrected chi connectivity index (χ3v) is 3.38. The number of carbonyl (C=O) groups excluding carboxylic acids is 1. The Kier molecular flexibility index (Phi) is 5.18. The topological polar surface area (TPSA) is 70.6 Å². The van der Waals surface area contributed by atoms with Gasteiger partial charge in [-0.2, -0.15) is 0 Å². The molecule has 1 amide bonds. The zero-order chi connectivity index (χ0) is 13.5. The summed E-state index contributed by atoms with van der Waals surface area (Å²) in [7, 11) is 0. The van der Waals surface area contributed by atoms with E-state index in [1.165, 1.54) is 0 Å². The van der Waals surface area contributed by atoms with Crippen LogP contribution in [0.3, 0.4) is 0 Å². The molecule has 0 saturated carbocycles. The molecule has 0 radical (unpaired) electrons. The van der Waals surface area contributed by atoms with Crippen LogP contribution in [0, 0.1) is 5.92 Å². The summed E-state index contributed by atoms with van der Waals surface area (Å²) < 4.78 is 5.16. The normalized spacial score (nSPS) is 22.8. The standard InChI is InChI=1S/C14H20N2O3/c17-9-12-6-7-15-8-13(12)16-14(18)19-10-11-4-2-1-3-5-11/h1-5,12-13,15,17H,6-10H2,(H,16,18). The van der Waals surface area contributed by atoms with Crippen LogP contribution in [0.25, 0.3) is 0 Å². The summed E-state index contributed by atoms with van der Waals surface area (Å²) in [5, 5.41) is 15.3. The van der Waals surface area contributed by atoms with Crippen molar-refractivity contribution in [2.45, 2.75) is 19.1 Å². The number of amides is 1. The minimum Gasteiger partial charge on any atom is -0.445 e. The summed E-state index contributed by atoms with van der Waals surface area (Å²) in [6, 6.07) is 9.48. The Hall–Kier alpha value is -1.59. The van der Waals surface area contributed by atoms with Crippen LogP contribution in [-0.2, 0) is 11.3 Å². The van der Waals surface area contributed by atoms with Crippen LogP contribution in [0.4, 0.5) is 4.79 Å². The van der Waals surface area contributed by atoms with E-state index in [9.17, 15) is 9.90 Å². The highest BCUT2D eigenvalue weighted by Crippen LogP contribution is 2.12. The van der Waals surface area contributed by atoms with Gasteiger partial charge in [0.1, 0.15) is 6.61 Å². The van der Waals surface area contributed by atoms with E-state index in [0.717, 1.165) is 18.5 Å². The van der Waals surface area contributed by atoms with Gasteiger partial charge in [0.05, 0.1) is 0 Å². The average molecular weight is 264 g/mol. The first-order valence-corrected chi connectivity index (χ1v) is 6.58. The predicted octanol–water partition coefficient (Wildman–Crippen LogP) is 0.883. The zero-order valence-corrected chi connectivity index (χ0v) is 10.8. The molecule has 2 rings (SSSR count). The van der Waals surface area contributed by atoms with Crippen LogP contribution in [0.5, 0.6) is 0 Å². The van der Waals surface area contributed by atoms with Gasteiger partial charge >= 0.3 is 6.09 Å². The second kappa shape index (κ2) is 7.11. The summed E-state index contributed by atoms with van der Waals surface area (Å²) >= 11 is 0. The van der Waals surface area contributed by atoms with Crippen LogP contribution in [-0.4, -0.2) is 36.9 Å². The molecule has 5 nitrogen and oxygen atoms in total. The molecule has 1 saturated heterocycles. The molecule has 5 heteroatoms. The number of alkyl carbamates (subject to hydrolysis) is 1. The van der Waals surface area contributed by atoms with E-state index in [2.05, 4.69) is 10.6 Å². The molecule has 1 heterocycles. The molecular formula is C14H20N2O3. The Balaban J connectivity index is 1.77. The van der Waals surface area contributed by atoms with E-state index in [0.29, 0.717) is 6.54 Å². The number of rotatable bonds is 4. The molecule has 3 N–H and O–H groups in total. The fraction of sp³-hybridized carbons (Fsp3) is 0.500. The van der Waals surface area contributed by atoms with Crippen molar-refractivity contribution >= 4 is 6.09 Å². The number of hydrogen-bond acceptors (Lipinski definition) is 4. The number of piperidine rings is 1. The predicted molar refractivity (Wildman–Crippen MR) is 71.6 cm³/mol. The summed E-state index contributed by atoms with van der Waals surface area (Å²) in [6.07, 6.45) is 0.427. The van der Waals surface area contributed by atoms with E-state index in [1.807, 2.05) is 30.3 Å². The van der Waals surface area contributed by atoms with Crippen LogP contribution in [0.15, 0.2) is 30.3 Å². The van der Waals surface area contributed by atoms with Gasteiger partial charge in [0.25, 0.3) is 0 Å². The molecule has 1 fully saturated rings. The van der Waals surface area contributed by atoms with Gasteiger partial charge in [0, 0.05) is 25.1 Å². The maximum atomic E-state index is 11.7. The lowest BCUT2D eigenvalue weighted by Gasteiger charge is -2.31. The van der Waals surface area contributed by atoms with Gasteiger partial charge in [-0.3, -0.25) is 0 Å². The molecule has 0 spiro atoms. The molecule has 0 bridgehead atoms. The van der Waals surface area contributed by atoms with Crippen molar-refractivity contribution in [3.05, 3.63) is 35.9 Å². The van der Waals surface area contributed by atoms with Crippen molar-refractivity contribution in [2.75, 3.05) is 19.7 Å². The summed E-state index contributed by atoms with van der Waals surface area (Å²) in [5.41, 5.74) is 0.957. The molecule has 0 aromatic heterocycles. The Bertz CT molecular complexity index is 397. The zero-order valence-electron chi connectivity index (χ0n) is 10.8. The second-order valence-electron chi connectivity index (χ2n) is 4.75. The van der Waals surface area contributed by atoms with Gasteiger partial charge in [-0.1, -0.05) is 30.3 Å². The van der Waals surface area contributed by atoms with Crippen molar-refractivity contribution in [2.24, 2.45) is 5.92 Å². The van der Waals surface area contributed by atoms with Gasteiger partial charge in [-0.25, -0.2) is 4.79 Å². The summed E-state index contributed by atoms with van der Waals surface area (Å²) in [5.74, 6) is 0.102. The minimum atomic E-state index is -0.434. The second-order valence-corrected chi connectivity index (χ2v) is 4.75. The van der Waals surface area contributed by atoms with Crippen LogP contribution >= 0.6 is 0 Å². The molecule has 104 valence electrons. The first-order valence-electron chi connectivity index (χ1n) is 6.58. The largest absolute Gasteiger partial charge is 0.445 e. The Morgan fingerprint density at radius 3 is 2.95 bits per heavy atom. The van der Waals surface area contributed by atoms with Gasteiger partial charge in [0.2, 0.25) is 0 Å². The quantitative estimate of drug-likeness (QED) is 0.755. The van der Waals surface area contributed by atoms with Crippen LogP contribution in [0.2, 0.25) is 0 Å². The molecule has 2 unspecified atom stereocenters. The fourth-order valence-electron chi connectivity index (χ4n) is 2.22. The maximum Gasteiger partial charge on any atom is 0.407 e. The van der Waals surface area contributed by atoms with E-state index in [1.54, 1.807) is 0 Å². The molecular weight excluding hydrogens is 244 g/mol. The van der Waals surface area contributed by atoms with Crippen molar-refractivity contribution in [1.82, 2.24) is 10.6 Å². The smallest absolute Gasteiger partial charge is 0.407 e. The number of hydrogen-bond donors (Lipinski definition) is 3. The number of benzene rings is 1. The van der Waals surface area contributed by atoms with E-state index in [4.69, 9.17) is 4.74 Å². The highest BCUT2D eigenvalue weighted by molar-refractivity contribution is 5.67. The lowest BCUT2D eigenvalue weighted by Crippen LogP contribution is -2.52. The monoisotopic (exact) mass is 264 g/mol. The molecule has 1 aromatic rings. The number of aliphatic hydroxyl groups excluding tert-OH is 1. The first-order chi connectivity index (χ1) is 9.29. The van der Waals surface area contributed by atoms with Crippen LogP contribution in [0.1, 0.15) is 12.0 Å². The SMILES string of the molecule is O=C(NC1CNCCC1CO)OCc1ccccc1. The van der Waals surface area contributed by atoms with E-state index >= 15 is 0 Å². The van der Waals surface area contributed by atoms with Gasteiger partial charge in [0.15, 0.2) is 0 Å². The average Bonchev–Trinajstić information content (AvgIpc) is 2.47. The number of aliphatic hydroxyl groups is 1. The Labute approximate surface area is 113 Å². The Morgan fingerprint density at radius 2 is 2.21 bits per heavy atom. The van der Waals surface area contributed by atoms with Crippen LogP contribution < -0.4 is 10.6 Å². The van der Waals surface area contributed by atoms with E-state index in [-0.39, 0.29) is 25.2 Å². The third-order valence-electron chi connectivity index (χ3n) is 3.38. The van der Waals surface area contributed by atoms with Gasteiger partial charge in [-0.05, 0) is 18.5 Å². The third kappa shape index (κ3) is 4.22. The number of nitrogens with one attached hydrogen (secondary N) is 2. The van der Waals surface area contributed by atoms with Crippen molar-refractivity contribution < 1.29 is 14.6 Å². The molecule has 2 atom stereocenters. The van der Waals surface area contributed by atoms with Crippen molar-refractivity contribution in [1.29, 1.82) is 0 Å². The molecule has 0 aliphatic carbocycles. The van der Waals surface area contributed by atoms with Crippen molar-refractivity contribution in [3.63, 3.8) is 0 Å². The fourth-order valence-corrected chi connectivity index (χ4v) is 2.22. The molecule has 19 heavy (non-hydrogen) atoms. The Morgan fingerprint density at radius 1 is 1.42 bits per heavy atom. The minimum absolute atomic E-state index is 0.0676. The lowest BCUT2D eigenvalue weighted by atomic mass is 9.94. The van der Waals surface area contributed by atoms with Crippen molar-refractivity contribution in [3.8, 4) is 0 Å². The number of carbonyl (C=O) groups is 1. The van der Waals surface area contributed by atoms with Gasteiger partial charge in [-0.15, -0.1) is 0 Å². The van der Waals surface area contributed by atoms with Gasteiger partial charge < -0.3 is 20.5 Å². The molecule has 1 aliphatic heterocycles. The highest BCUT2D eigenvalue weighted by atomic mass is 16.5. The summed E-state index contributed by atoms with van der Waals surface area (Å²) in [4.78, 5) is 11.7. The van der Waals surface area contributed by atoms with E-state index < -0.39 is 6.09 Å². The lowest BCUT2D eigenvalue weighted by molar-refractivity contribution is 0.117. The highest BCUT2D eigenvalue weighted by Gasteiger charge is 2.26. The molecule has 1 aliphatic rings. The molecule has 1 aromatic carbocycles.